The molecule has 1 saturated heterocycles. The van der Waals surface area contributed by atoms with Gasteiger partial charge in [-0.3, -0.25) is 9.78 Å². The predicted octanol–water partition coefficient (Wildman–Crippen LogP) is 3.89. The average molecular weight is 424 g/mol. The maximum Gasteiger partial charge on any atom is 0.245 e. The Hall–Kier alpha value is -2.77. The number of rotatable bonds is 4. The van der Waals surface area contributed by atoms with Crippen LogP contribution in [0.25, 0.3) is 10.9 Å². The molecule has 1 atom stereocenters. The summed E-state index contributed by atoms with van der Waals surface area (Å²) >= 11 is 0. The Bertz CT molecular complexity index is 1180. The van der Waals surface area contributed by atoms with Crippen LogP contribution in [0.1, 0.15) is 24.0 Å². The number of carbonyl (C=O) groups is 1. The minimum Gasteiger partial charge on any atom is -0.325 e. The number of pyridine rings is 1. The predicted molar refractivity (Wildman–Crippen MR) is 118 cm³/mol. The molecule has 1 amide bonds. The van der Waals surface area contributed by atoms with Gasteiger partial charge in [0.2, 0.25) is 15.9 Å². The van der Waals surface area contributed by atoms with E-state index in [-0.39, 0.29) is 17.3 Å². The van der Waals surface area contributed by atoms with E-state index >= 15 is 0 Å². The molecule has 4 rings (SSSR count). The van der Waals surface area contributed by atoms with E-state index < -0.39 is 15.9 Å². The van der Waals surface area contributed by atoms with Crippen molar-refractivity contribution in [3.63, 3.8) is 0 Å². The number of hydrogen-bond donors (Lipinski definition) is 1. The summed E-state index contributed by atoms with van der Waals surface area (Å²) in [6.07, 6.45) is 2.90. The van der Waals surface area contributed by atoms with Gasteiger partial charge in [-0.15, -0.1) is 0 Å². The van der Waals surface area contributed by atoms with Crippen LogP contribution in [0.15, 0.2) is 59.6 Å². The van der Waals surface area contributed by atoms with Crippen molar-refractivity contribution >= 4 is 32.5 Å². The molecule has 30 heavy (non-hydrogen) atoms. The molecule has 7 heteroatoms. The largest absolute Gasteiger partial charge is 0.325 e. The number of piperidine rings is 1. The highest BCUT2D eigenvalue weighted by Crippen LogP contribution is 2.29. The van der Waals surface area contributed by atoms with Crippen LogP contribution >= 0.6 is 0 Å². The first kappa shape index (κ1) is 20.5. The molecule has 6 nitrogen and oxygen atoms in total. The number of benzene rings is 2. The second-order valence-corrected chi connectivity index (χ2v) is 9.70. The van der Waals surface area contributed by atoms with Gasteiger partial charge in [0.1, 0.15) is 4.90 Å². The van der Waals surface area contributed by atoms with Crippen LogP contribution in [0.4, 0.5) is 5.69 Å². The van der Waals surface area contributed by atoms with Crippen molar-refractivity contribution in [2.45, 2.75) is 31.6 Å². The van der Waals surface area contributed by atoms with Gasteiger partial charge in [-0.2, -0.15) is 4.31 Å². The van der Waals surface area contributed by atoms with Gasteiger partial charge in [0.05, 0.1) is 11.4 Å². The minimum absolute atomic E-state index is 0.136. The summed E-state index contributed by atoms with van der Waals surface area (Å²) in [4.78, 5) is 17.4. The molecule has 0 aliphatic carbocycles. The molecule has 2 aromatic carbocycles. The highest BCUT2D eigenvalue weighted by Gasteiger charge is 2.34. The van der Waals surface area contributed by atoms with Crippen LogP contribution in [-0.2, 0) is 14.8 Å². The van der Waals surface area contributed by atoms with Gasteiger partial charge < -0.3 is 5.32 Å². The smallest absolute Gasteiger partial charge is 0.245 e. The zero-order valence-corrected chi connectivity index (χ0v) is 17.9. The summed E-state index contributed by atoms with van der Waals surface area (Å²) < 4.78 is 28.2. The van der Waals surface area contributed by atoms with Crippen molar-refractivity contribution in [3.05, 3.63) is 65.9 Å². The number of para-hydroxylation sites is 2. The molecule has 0 radical (unpaired) electrons. The van der Waals surface area contributed by atoms with E-state index in [0.717, 1.165) is 22.2 Å². The first-order chi connectivity index (χ1) is 14.4. The molecule has 1 unspecified atom stereocenters. The molecule has 0 bridgehead atoms. The van der Waals surface area contributed by atoms with E-state index in [9.17, 15) is 13.2 Å². The highest BCUT2D eigenvalue weighted by atomic mass is 32.2. The molecule has 2 heterocycles. The van der Waals surface area contributed by atoms with Crippen molar-refractivity contribution in [1.82, 2.24) is 9.29 Å². The fourth-order valence-corrected chi connectivity index (χ4v) is 5.72. The van der Waals surface area contributed by atoms with Gasteiger partial charge in [-0.25, -0.2) is 8.42 Å². The first-order valence-corrected chi connectivity index (χ1v) is 11.5. The number of nitrogens with zero attached hydrogens (tertiary/aromatic N) is 2. The monoisotopic (exact) mass is 423 g/mol. The first-order valence-electron chi connectivity index (χ1n) is 10.1. The number of amides is 1. The Morgan fingerprint density at radius 3 is 2.53 bits per heavy atom. The molecular weight excluding hydrogens is 398 g/mol. The van der Waals surface area contributed by atoms with E-state index in [0.29, 0.717) is 24.9 Å². The molecule has 3 aromatic rings. The van der Waals surface area contributed by atoms with E-state index in [1.807, 2.05) is 44.2 Å². The van der Waals surface area contributed by atoms with Crippen molar-refractivity contribution in [2.24, 2.45) is 5.92 Å². The normalized spacial score (nSPS) is 17.7. The van der Waals surface area contributed by atoms with Crippen LogP contribution in [-0.4, -0.2) is 36.7 Å². The van der Waals surface area contributed by atoms with Gasteiger partial charge in [-0.1, -0.05) is 36.4 Å². The fraction of sp³-hybridized carbons (Fsp3) is 0.304. The molecule has 0 saturated carbocycles. The number of aryl methyl sites for hydroxylation is 2. The lowest BCUT2D eigenvalue weighted by Gasteiger charge is -2.31. The summed E-state index contributed by atoms with van der Waals surface area (Å²) in [5, 5.41) is 3.79. The number of hydrogen-bond acceptors (Lipinski definition) is 4. The van der Waals surface area contributed by atoms with Gasteiger partial charge in [-0.05, 0) is 49.9 Å². The maximum absolute atomic E-state index is 13.4. The van der Waals surface area contributed by atoms with E-state index in [1.165, 1.54) is 4.31 Å². The maximum atomic E-state index is 13.4. The Balaban J connectivity index is 1.58. The van der Waals surface area contributed by atoms with E-state index in [1.54, 1.807) is 24.4 Å². The SMILES string of the molecule is Cc1cccc(C)c1NC(=O)C1CCCN(S(=O)(=O)c2cccc3cccnc23)C1. The molecule has 0 spiro atoms. The second kappa shape index (κ2) is 8.16. The lowest BCUT2D eigenvalue weighted by Crippen LogP contribution is -2.43. The third kappa shape index (κ3) is 3.82. The Morgan fingerprint density at radius 2 is 1.77 bits per heavy atom. The molecule has 1 aliphatic heterocycles. The minimum atomic E-state index is -3.75. The van der Waals surface area contributed by atoms with Crippen LogP contribution in [0.3, 0.4) is 0 Å². The molecular formula is C23H25N3O3S. The van der Waals surface area contributed by atoms with Crippen LogP contribution in [0, 0.1) is 19.8 Å². The van der Waals surface area contributed by atoms with Gasteiger partial charge in [0.25, 0.3) is 0 Å². The molecule has 1 N–H and O–H groups in total. The quantitative estimate of drug-likeness (QED) is 0.690. The second-order valence-electron chi connectivity index (χ2n) is 7.79. The van der Waals surface area contributed by atoms with E-state index in [2.05, 4.69) is 10.3 Å². The summed E-state index contributed by atoms with van der Waals surface area (Å²) in [7, 11) is -3.75. The third-order valence-electron chi connectivity index (χ3n) is 5.70. The molecule has 156 valence electrons. The van der Waals surface area contributed by atoms with Gasteiger partial charge >= 0.3 is 0 Å². The fourth-order valence-electron chi connectivity index (χ4n) is 4.04. The van der Waals surface area contributed by atoms with Crippen LogP contribution in [0.2, 0.25) is 0 Å². The summed E-state index contributed by atoms with van der Waals surface area (Å²) in [5.41, 5.74) is 3.25. The third-order valence-corrected chi connectivity index (χ3v) is 7.59. The van der Waals surface area contributed by atoms with Crippen molar-refractivity contribution in [1.29, 1.82) is 0 Å². The summed E-state index contributed by atoms with van der Waals surface area (Å²) in [6.45, 7) is 4.47. The summed E-state index contributed by atoms with van der Waals surface area (Å²) in [6, 6.07) is 14.6. The molecule has 1 fully saturated rings. The number of fused-ring (bicyclic) bond motifs is 1. The number of aromatic nitrogens is 1. The molecule has 1 aromatic heterocycles. The Labute approximate surface area is 177 Å². The lowest BCUT2D eigenvalue weighted by molar-refractivity contribution is -0.120. The Kier molecular flexibility index (Phi) is 5.58. The van der Waals surface area contributed by atoms with Gasteiger partial charge in [0, 0.05) is 30.4 Å². The highest BCUT2D eigenvalue weighted by molar-refractivity contribution is 7.89. The average Bonchev–Trinajstić information content (AvgIpc) is 2.76. The standard InChI is InChI=1S/C23H25N3O3S/c1-16-7-3-8-17(2)21(16)25-23(27)19-11-6-14-26(15-19)30(28,29)20-12-4-9-18-10-5-13-24-22(18)20/h3-5,7-10,12-13,19H,6,11,14-15H2,1-2H3,(H,25,27). The topological polar surface area (TPSA) is 79.4 Å². The summed E-state index contributed by atoms with van der Waals surface area (Å²) in [5.74, 6) is -0.529. The number of sulfonamides is 1. The lowest BCUT2D eigenvalue weighted by atomic mass is 9.98. The Morgan fingerprint density at radius 1 is 1.07 bits per heavy atom. The van der Waals surface area contributed by atoms with Crippen LogP contribution in [0.5, 0.6) is 0 Å². The van der Waals surface area contributed by atoms with Crippen molar-refractivity contribution in [2.75, 3.05) is 18.4 Å². The number of carbonyl (C=O) groups excluding carboxylic acids is 1. The van der Waals surface area contributed by atoms with Crippen molar-refractivity contribution < 1.29 is 13.2 Å². The number of nitrogens with one attached hydrogen (secondary N) is 1. The van der Waals surface area contributed by atoms with Crippen molar-refractivity contribution in [3.8, 4) is 0 Å². The zero-order chi connectivity index (χ0) is 21.3. The zero-order valence-electron chi connectivity index (χ0n) is 17.1. The van der Waals surface area contributed by atoms with Gasteiger partial charge in [0.15, 0.2) is 0 Å². The van der Waals surface area contributed by atoms with E-state index in [4.69, 9.17) is 0 Å². The van der Waals surface area contributed by atoms with Crippen LogP contribution < -0.4 is 5.32 Å². The molecule has 1 aliphatic rings. The number of anilines is 1.